The molecule has 2 heterocycles. The van der Waals surface area contributed by atoms with Gasteiger partial charge in [0, 0.05) is 12.0 Å². The van der Waals surface area contributed by atoms with Crippen LogP contribution in [0, 0.1) is 5.41 Å². The molecule has 0 aromatic rings. The lowest BCUT2D eigenvalue weighted by Crippen LogP contribution is -2.50. The van der Waals surface area contributed by atoms with Crippen LogP contribution in [-0.2, 0) is 14.3 Å². The van der Waals surface area contributed by atoms with Crippen molar-refractivity contribution in [2.24, 2.45) is 11.1 Å². The largest absolute Gasteiger partial charge is 0.476 e. The summed E-state index contributed by atoms with van der Waals surface area (Å²) in [5.41, 5.74) is 4.95. The normalized spacial score (nSPS) is 24.1. The molecule has 16 heavy (non-hydrogen) atoms. The quantitative estimate of drug-likeness (QED) is 0.653. The third-order valence-corrected chi connectivity index (χ3v) is 2.94. The zero-order valence-corrected chi connectivity index (χ0v) is 9.19. The highest BCUT2D eigenvalue weighted by Gasteiger charge is 2.52. The highest BCUT2D eigenvalue weighted by atomic mass is 16.5. The molecule has 1 saturated heterocycles. The maximum Gasteiger partial charge on any atom is 0.356 e. The van der Waals surface area contributed by atoms with E-state index in [1.54, 1.807) is 13.8 Å². The predicted octanol–water partition coefficient (Wildman–Crippen LogP) is -0.144. The van der Waals surface area contributed by atoms with Crippen LogP contribution in [0.2, 0.25) is 0 Å². The van der Waals surface area contributed by atoms with Gasteiger partial charge in [-0.1, -0.05) is 13.8 Å². The van der Waals surface area contributed by atoms with Crippen molar-refractivity contribution >= 4 is 11.9 Å². The summed E-state index contributed by atoms with van der Waals surface area (Å²) >= 11 is 0. The molecule has 0 radical (unpaired) electrons. The van der Waals surface area contributed by atoms with Crippen molar-refractivity contribution in [2.75, 3.05) is 6.54 Å². The Labute approximate surface area is 92.7 Å². The third kappa shape index (κ3) is 1.30. The Kier molecular flexibility index (Phi) is 2.20. The molecule has 2 aliphatic rings. The molecule has 1 unspecified atom stereocenters. The fraction of sp³-hybridized carbons (Fsp3) is 0.600. The Morgan fingerprint density at radius 2 is 2.31 bits per heavy atom. The Bertz CT molecular complexity index is 400. The van der Waals surface area contributed by atoms with Gasteiger partial charge < -0.3 is 15.6 Å². The van der Waals surface area contributed by atoms with Crippen LogP contribution in [0.5, 0.6) is 0 Å². The van der Waals surface area contributed by atoms with Gasteiger partial charge in [-0.2, -0.15) is 0 Å². The molecule has 6 heteroatoms. The van der Waals surface area contributed by atoms with Crippen LogP contribution in [0.3, 0.4) is 0 Å². The van der Waals surface area contributed by atoms with E-state index >= 15 is 0 Å². The molecule has 0 aromatic carbocycles. The summed E-state index contributed by atoms with van der Waals surface area (Å²) in [6.45, 7) is 3.84. The van der Waals surface area contributed by atoms with Crippen molar-refractivity contribution in [3.05, 3.63) is 11.5 Å². The molecule has 6 nitrogen and oxygen atoms in total. The number of ether oxygens (including phenoxy) is 1. The van der Waals surface area contributed by atoms with E-state index in [-0.39, 0.29) is 24.6 Å². The standard InChI is InChI=1S/C10H14N2O4/c1-10(2,4-11)8-7(9(14)15)12-5(13)3-6(12)16-8/h6H,3-4,11H2,1-2H3,(H,14,15). The summed E-state index contributed by atoms with van der Waals surface area (Å²) < 4.78 is 5.48. The van der Waals surface area contributed by atoms with E-state index < -0.39 is 17.6 Å². The zero-order chi connectivity index (χ0) is 12.1. The number of hydrogen-bond acceptors (Lipinski definition) is 4. The van der Waals surface area contributed by atoms with Gasteiger partial charge in [-0.3, -0.25) is 9.69 Å². The number of fused-ring (bicyclic) bond motifs is 1. The van der Waals surface area contributed by atoms with Crippen LogP contribution in [0.15, 0.2) is 11.5 Å². The fourth-order valence-corrected chi connectivity index (χ4v) is 1.82. The van der Waals surface area contributed by atoms with E-state index in [0.717, 1.165) is 0 Å². The summed E-state index contributed by atoms with van der Waals surface area (Å²) in [5, 5.41) is 9.11. The van der Waals surface area contributed by atoms with E-state index in [2.05, 4.69) is 0 Å². The van der Waals surface area contributed by atoms with Crippen LogP contribution < -0.4 is 5.73 Å². The first-order chi connectivity index (χ1) is 7.38. The van der Waals surface area contributed by atoms with E-state index in [1.165, 1.54) is 4.90 Å². The third-order valence-electron chi connectivity index (χ3n) is 2.94. The average molecular weight is 226 g/mol. The number of rotatable bonds is 3. The summed E-state index contributed by atoms with van der Waals surface area (Å²) in [7, 11) is 0. The van der Waals surface area contributed by atoms with Gasteiger partial charge in [0.15, 0.2) is 11.9 Å². The van der Waals surface area contributed by atoms with Crippen molar-refractivity contribution in [2.45, 2.75) is 26.5 Å². The number of amides is 1. The molecular formula is C10H14N2O4. The van der Waals surface area contributed by atoms with Gasteiger partial charge in [-0.05, 0) is 0 Å². The Morgan fingerprint density at radius 3 is 2.75 bits per heavy atom. The Morgan fingerprint density at radius 1 is 1.69 bits per heavy atom. The number of carboxylic acid groups (broad SMARTS) is 1. The van der Waals surface area contributed by atoms with Crippen molar-refractivity contribution < 1.29 is 19.4 Å². The van der Waals surface area contributed by atoms with Gasteiger partial charge in [0.1, 0.15) is 5.76 Å². The molecule has 0 aromatic heterocycles. The lowest BCUT2D eigenvalue weighted by molar-refractivity contribution is -0.158. The highest BCUT2D eigenvalue weighted by Crippen LogP contribution is 2.42. The monoisotopic (exact) mass is 226 g/mol. The van der Waals surface area contributed by atoms with Gasteiger partial charge in [-0.25, -0.2) is 4.79 Å². The first kappa shape index (κ1) is 10.9. The van der Waals surface area contributed by atoms with Crippen molar-refractivity contribution in [1.29, 1.82) is 0 Å². The Balaban J connectivity index is 2.44. The molecule has 2 rings (SSSR count). The van der Waals surface area contributed by atoms with Crippen LogP contribution in [0.4, 0.5) is 0 Å². The van der Waals surface area contributed by atoms with Gasteiger partial charge in [0.2, 0.25) is 5.91 Å². The second-order valence-electron chi connectivity index (χ2n) is 4.61. The lowest BCUT2D eigenvalue weighted by atomic mass is 9.90. The Hall–Kier alpha value is -1.56. The average Bonchev–Trinajstić information content (AvgIpc) is 2.51. The molecule has 0 bridgehead atoms. The molecule has 0 spiro atoms. The molecule has 2 aliphatic heterocycles. The molecular weight excluding hydrogens is 212 g/mol. The lowest BCUT2D eigenvalue weighted by Gasteiger charge is -2.33. The van der Waals surface area contributed by atoms with Gasteiger partial charge in [0.25, 0.3) is 0 Å². The second-order valence-corrected chi connectivity index (χ2v) is 4.61. The minimum atomic E-state index is -1.15. The van der Waals surface area contributed by atoms with E-state index in [4.69, 9.17) is 15.6 Å². The summed E-state index contributed by atoms with van der Waals surface area (Å²) in [6, 6.07) is 0. The first-order valence-corrected chi connectivity index (χ1v) is 5.05. The van der Waals surface area contributed by atoms with Crippen LogP contribution in [0.1, 0.15) is 20.3 Å². The van der Waals surface area contributed by atoms with Gasteiger partial charge in [0.05, 0.1) is 6.42 Å². The molecule has 0 aliphatic carbocycles. The second kappa shape index (κ2) is 3.21. The van der Waals surface area contributed by atoms with Crippen molar-refractivity contribution in [3.63, 3.8) is 0 Å². The minimum absolute atomic E-state index is 0.0586. The summed E-state index contributed by atoms with van der Waals surface area (Å²) in [5.74, 6) is -1.06. The van der Waals surface area contributed by atoms with Crippen LogP contribution >= 0.6 is 0 Å². The SMILES string of the molecule is CC(C)(CN)C1=C(C(=O)O)N2C(=O)CC2O1. The number of carbonyl (C=O) groups excluding carboxylic acids is 1. The fourth-order valence-electron chi connectivity index (χ4n) is 1.82. The molecule has 0 saturated carbocycles. The molecule has 3 N–H and O–H groups in total. The first-order valence-electron chi connectivity index (χ1n) is 5.05. The number of carboxylic acids is 1. The smallest absolute Gasteiger partial charge is 0.356 e. The zero-order valence-electron chi connectivity index (χ0n) is 9.19. The van der Waals surface area contributed by atoms with E-state index in [0.29, 0.717) is 5.76 Å². The molecule has 1 amide bonds. The van der Waals surface area contributed by atoms with E-state index in [9.17, 15) is 9.59 Å². The number of nitrogens with two attached hydrogens (primary N) is 1. The number of aliphatic carboxylic acids is 1. The van der Waals surface area contributed by atoms with Crippen LogP contribution in [0.25, 0.3) is 0 Å². The predicted molar refractivity (Wildman–Crippen MR) is 53.8 cm³/mol. The number of hydrogen-bond donors (Lipinski definition) is 2. The molecule has 88 valence electrons. The number of nitrogens with zero attached hydrogens (tertiary/aromatic N) is 1. The minimum Gasteiger partial charge on any atom is -0.476 e. The van der Waals surface area contributed by atoms with Crippen molar-refractivity contribution in [1.82, 2.24) is 4.90 Å². The van der Waals surface area contributed by atoms with E-state index in [1.807, 2.05) is 0 Å². The summed E-state index contributed by atoms with van der Waals surface area (Å²) in [6.07, 6.45) is -0.208. The summed E-state index contributed by atoms with van der Waals surface area (Å²) in [4.78, 5) is 23.6. The molecule has 1 atom stereocenters. The maximum atomic E-state index is 11.3. The van der Waals surface area contributed by atoms with Crippen molar-refractivity contribution in [3.8, 4) is 0 Å². The highest BCUT2D eigenvalue weighted by molar-refractivity contribution is 5.97. The number of carbonyl (C=O) groups is 2. The van der Waals surface area contributed by atoms with Gasteiger partial charge in [-0.15, -0.1) is 0 Å². The maximum absolute atomic E-state index is 11.3. The topological polar surface area (TPSA) is 92.9 Å². The van der Waals surface area contributed by atoms with Crippen LogP contribution in [-0.4, -0.2) is 34.7 Å². The van der Waals surface area contributed by atoms with Gasteiger partial charge >= 0.3 is 5.97 Å². The number of β-lactam (4-membered cyclic amide) rings is 1. The molecule has 1 fully saturated rings.